The molecule has 1 aromatic heterocycles. The molecule has 0 aliphatic carbocycles. The van der Waals surface area contributed by atoms with Crippen LogP contribution in [-0.2, 0) is 4.74 Å². The van der Waals surface area contributed by atoms with Crippen LogP contribution < -0.4 is 16.2 Å². The van der Waals surface area contributed by atoms with E-state index in [1.54, 1.807) is 49.6 Å². The Morgan fingerprint density at radius 1 is 1.17 bits per heavy atom. The lowest BCUT2D eigenvalue weighted by molar-refractivity contribution is 0.101. The quantitative estimate of drug-likeness (QED) is 0.612. The summed E-state index contributed by atoms with van der Waals surface area (Å²) in [7, 11) is 1.57. The Balaban J connectivity index is 0.00000240. The van der Waals surface area contributed by atoms with Crippen LogP contribution in [0.2, 0.25) is 0 Å². The van der Waals surface area contributed by atoms with Crippen LogP contribution in [0.15, 0.2) is 53.6 Å². The summed E-state index contributed by atoms with van der Waals surface area (Å²) in [5, 5.41) is 5.77. The number of ketones is 1. The number of nitrogens with one attached hydrogen (secondary N) is 2. The van der Waals surface area contributed by atoms with Gasteiger partial charge in [0, 0.05) is 26.9 Å². The minimum Gasteiger partial charge on any atom is -0.383 e. The van der Waals surface area contributed by atoms with Gasteiger partial charge in [-0.3, -0.25) is 14.2 Å². The van der Waals surface area contributed by atoms with E-state index in [9.17, 15) is 14.4 Å². The monoisotopic (exact) mass is 398 g/mol. The van der Waals surface area contributed by atoms with Crippen molar-refractivity contribution in [1.29, 1.82) is 0 Å². The summed E-state index contributed by atoms with van der Waals surface area (Å²) in [5.41, 5.74) is 1.78. The van der Waals surface area contributed by atoms with E-state index in [-0.39, 0.29) is 20.2 Å². The molecule has 8 heteroatoms. The van der Waals surface area contributed by atoms with Gasteiger partial charge in [-0.05, 0) is 44.2 Å². The van der Waals surface area contributed by atoms with Gasteiger partial charge >= 0.3 is 6.03 Å². The fourth-order valence-electron chi connectivity index (χ4n) is 2.96. The highest BCUT2D eigenvalue weighted by molar-refractivity contribution is 6.02. The van der Waals surface area contributed by atoms with Crippen molar-refractivity contribution in [1.82, 2.24) is 9.55 Å². The van der Waals surface area contributed by atoms with Gasteiger partial charge in [0.1, 0.15) is 0 Å². The molecule has 1 atom stereocenters. The zero-order chi connectivity index (χ0) is 21.0. The molecule has 1 heterocycles. The number of hydrogen-bond acceptors (Lipinski definition) is 5. The zero-order valence-corrected chi connectivity index (χ0v) is 16.4. The Morgan fingerprint density at radius 2 is 1.90 bits per heavy atom. The number of hydrogen-bond donors (Lipinski definition) is 2. The molecule has 2 N–H and O–H groups in total. The molecule has 3 rings (SSSR count). The van der Waals surface area contributed by atoms with Crippen molar-refractivity contribution >= 4 is 34.1 Å². The van der Waals surface area contributed by atoms with Crippen molar-refractivity contribution in [3.8, 4) is 0 Å². The molecule has 0 aliphatic heterocycles. The molecule has 2 amide bonds. The number of nitrogens with zero attached hydrogens (tertiary/aromatic N) is 2. The highest BCUT2D eigenvalue weighted by atomic mass is 16.5. The Labute approximate surface area is 170 Å². The van der Waals surface area contributed by atoms with Crippen LogP contribution in [-0.4, -0.2) is 35.1 Å². The van der Waals surface area contributed by atoms with Crippen LogP contribution >= 0.6 is 0 Å². The van der Waals surface area contributed by atoms with Gasteiger partial charge in [0.2, 0.25) is 0 Å². The van der Waals surface area contributed by atoms with Gasteiger partial charge in [-0.1, -0.05) is 12.1 Å². The topological polar surface area (TPSA) is 102 Å². The second-order valence-corrected chi connectivity index (χ2v) is 6.71. The summed E-state index contributed by atoms with van der Waals surface area (Å²) in [6, 6.07) is 10.9. The third-order valence-electron chi connectivity index (χ3n) is 4.45. The van der Waals surface area contributed by atoms with Gasteiger partial charge in [0.15, 0.2) is 5.78 Å². The predicted molar refractivity (Wildman–Crippen MR) is 116 cm³/mol. The molecule has 0 radical (unpaired) electrons. The van der Waals surface area contributed by atoms with Crippen LogP contribution in [0.5, 0.6) is 0 Å². The summed E-state index contributed by atoms with van der Waals surface area (Å²) < 4.78 is 6.61. The fraction of sp³-hybridized carbons (Fsp3) is 0.238. The molecule has 0 bridgehead atoms. The van der Waals surface area contributed by atoms with Crippen molar-refractivity contribution < 1.29 is 17.2 Å². The number of amides is 2. The van der Waals surface area contributed by atoms with E-state index in [0.717, 1.165) is 0 Å². The van der Waals surface area contributed by atoms with Gasteiger partial charge in [0.05, 0.1) is 29.9 Å². The molecule has 8 nitrogen and oxygen atoms in total. The van der Waals surface area contributed by atoms with Crippen LogP contribution in [0.1, 0.15) is 33.1 Å². The third-order valence-corrected chi connectivity index (χ3v) is 4.45. The standard InChI is InChI=1S/C21H22N4O4.2H2/c1-13(11-29-3)25-12-22-19-8-7-17(10-18(19)20(25)27)24-21(28)23-16-6-4-5-15(9-16)14(2)26;;/h4-10,12-13H,11H2,1-3H3,(H2,23,24,28);2*1H. The number of carbonyl (C=O) groups is 2. The summed E-state index contributed by atoms with van der Waals surface area (Å²) in [6.07, 6.45) is 1.50. The predicted octanol–water partition coefficient (Wildman–Crippen LogP) is 3.94. The second kappa shape index (κ2) is 8.66. The van der Waals surface area contributed by atoms with E-state index < -0.39 is 6.03 Å². The van der Waals surface area contributed by atoms with E-state index in [4.69, 9.17) is 4.74 Å². The minimum atomic E-state index is -0.484. The number of benzene rings is 2. The maximum absolute atomic E-state index is 12.8. The first-order valence-electron chi connectivity index (χ1n) is 9.08. The van der Waals surface area contributed by atoms with Gasteiger partial charge in [-0.15, -0.1) is 0 Å². The van der Waals surface area contributed by atoms with Crippen LogP contribution in [0.4, 0.5) is 16.2 Å². The number of fused-ring (bicyclic) bond motifs is 1. The Bertz CT molecular complexity index is 1130. The molecule has 0 fully saturated rings. The van der Waals surface area contributed by atoms with Crippen molar-refractivity contribution in [2.45, 2.75) is 19.9 Å². The van der Waals surface area contributed by atoms with Crippen LogP contribution in [0.25, 0.3) is 10.9 Å². The molecule has 2 aromatic carbocycles. The molecule has 1 unspecified atom stereocenters. The highest BCUT2D eigenvalue weighted by Crippen LogP contribution is 2.17. The zero-order valence-electron chi connectivity index (χ0n) is 16.4. The SMILES string of the molecule is COCC(C)n1cnc2ccc(NC(=O)Nc3cccc(C(C)=O)c3)cc2c1=O.[HH].[HH]. The lowest BCUT2D eigenvalue weighted by Crippen LogP contribution is -2.26. The molecule has 29 heavy (non-hydrogen) atoms. The van der Waals surface area contributed by atoms with E-state index in [1.807, 2.05) is 6.92 Å². The Hall–Kier alpha value is -3.52. The van der Waals surface area contributed by atoms with E-state index in [2.05, 4.69) is 15.6 Å². The molecular weight excluding hydrogens is 372 g/mol. The maximum Gasteiger partial charge on any atom is 0.323 e. The van der Waals surface area contributed by atoms with E-state index in [1.165, 1.54) is 17.8 Å². The molecule has 154 valence electrons. The minimum absolute atomic E-state index is 0. The number of aromatic nitrogens is 2. The average molecular weight is 398 g/mol. The summed E-state index contributed by atoms with van der Waals surface area (Å²) in [4.78, 5) is 40.9. The molecular formula is C21H26N4O4. The van der Waals surface area contributed by atoms with Crippen molar-refractivity contribution in [3.63, 3.8) is 0 Å². The van der Waals surface area contributed by atoms with Crippen molar-refractivity contribution in [3.05, 3.63) is 64.7 Å². The van der Waals surface area contributed by atoms with Crippen LogP contribution in [0.3, 0.4) is 0 Å². The second-order valence-electron chi connectivity index (χ2n) is 6.71. The number of anilines is 2. The molecule has 0 spiro atoms. The average Bonchev–Trinajstić information content (AvgIpc) is 2.69. The largest absolute Gasteiger partial charge is 0.383 e. The maximum atomic E-state index is 12.8. The fourth-order valence-corrected chi connectivity index (χ4v) is 2.96. The van der Waals surface area contributed by atoms with Crippen LogP contribution in [0, 0.1) is 0 Å². The number of Topliss-reactive ketones (excluding diaryl/α,β-unsaturated/α-hetero) is 1. The number of ether oxygens (including phenoxy) is 1. The van der Waals surface area contributed by atoms with Gasteiger partial charge < -0.3 is 15.4 Å². The number of carbonyl (C=O) groups excluding carboxylic acids is 2. The summed E-state index contributed by atoms with van der Waals surface area (Å²) in [6.45, 7) is 3.71. The number of urea groups is 1. The van der Waals surface area contributed by atoms with Gasteiger partial charge in [0.25, 0.3) is 5.56 Å². The number of methoxy groups -OCH3 is 1. The molecule has 3 aromatic rings. The molecule has 0 saturated heterocycles. The van der Waals surface area contributed by atoms with Crippen molar-refractivity contribution in [2.24, 2.45) is 0 Å². The summed E-state index contributed by atoms with van der Waals surface area (Å²) in [5.74, 6) is -0.0879. The lowest BCUT2D eigenvalue weighted by atomic mass is 10.1. The normalized spacial score (nSPS) is 11.8. The lowest BCUT2D eigenvalue weighted by Gasteiger charge is -2.14. The Morgan fingerprint density at radius 3 is 2.59 bits per heavy atom. The number of rotatable bonds is 6. The first kappa shape index (κ1) is 20.2. The molecule has 0 aliphatic rings. The Kier molecular flexibility index (Phi) is 6.04. The first-order valence-corrected chi connectivity index (χ1v) is 9.08. The molecule has 0 saturated carbocycles. The smallest absolute Gasteiger partial charge is 0.323 e. The van der Waals surface area contributed by atoms with Gasteiger partial charge in [-0.2, -0.15) is 0 Å². The third kappa shape index (κ3) is 4.67. The summed E-state index contributed by atoms with van der Waals surface area (Å²) >= 11 is 0. The first-order chi connectivity index (χ1) is 13.9. The van der Waals surface area contributed by atoms with E-state index >= 15 is 0 Å². The van der Waals surface area contributed by atoms with Gasteiger partial charge in [-0.25, -0.2) is 9.78 Å². The van der Waals surface area contributed by atoms with E-state index in [0.29, 0.717) is 34.4 Å². The highest BCUT2D eigenvalue weighted by Gasteiger charge is 2.12. The van der Waals surface area contributed by atoms with Crippen molar-refractivity contribution in [2.75, 3.05) is 24.4 Å².